The number of carbonyl (C=O) groups is 1. The number of hydrogen-bond acceptors (Lipinski definition) is 1. The van der Waals surface area contributed by atoms with Gasteiger partial charge in [-0.15, -0.1) is 0 Å². The minimum atomic E-state index is 0.128. The molecule has 2 aliphatic rings. The van der Waals surface area contributed by atoms with Crippen molar-refractivity contribution in [1.82, 2.24) is 9.47 Å². The van der Waals surface area contributed by atoms with E-state index < -0.39 is 0 Å². The lowest BCUT2D eigenvalue weighted by atomic mass is 9.77. The predicted octanol–water partition coefficient (Wildman–Crippen LogP) is 1.94. The van der Waals surface area contributed by atoms with Gasteiger partial charge in [-0.05, 0) is 31.1 Å². The molecule has 3 rings (SSSR count). The standard InChI is InChI=1S/C14H22N3O/c1-15-10-11-17(12-15)13(18)16-8-6-14(7-9-16)4-2-3-5-14/h10-12H,2-9H2,1H3/q+1. The van der Waals surface area contributed by atoms with E-state index in [0.29, 0.717) is 5.41 Å². The monoisotopic (exact) mass is 248 g/mol. The summed E-state index contributed by atoms with van der Waals surface area (Å²) in [6, 6.07) is 0.128. The number of piperidine rings is 1. The number of nitrogens with zero attached hydrogens (tertiary/aromatic N) is 3. The average Bonchev–Trinajstić information content (AvgIpc) is 3.00. The zero-order valence-electron chi connectivity index (χ0n) is 11.1. The molecule has 2 heterocycles. The molecule has 0 aromatic carbocycles. The summed E-state index contributed by atoms with van der Waals surface area (Å²) in [5, 5.41) is 0. The van der Waals surface area contributed by atoms with Crippen molar-refractivity contribution in [2.75, 3.05) is 13.1 Å². The van der Waals surface area contributed by atoms with E-state index in [2.05, 4.69) is 0 Å². The van der Waals surface area contributed by atoms with Crippen LogP contribution in [0.1, 0.15) is 38.5 Å². The van der Waals surface area contributed by atoms with Crippen LogP contribution in [-0.4, -0.2) is 28.6 Å². The van der Waals surface area contributed by atoms with Crippen molar-refractivity contribution in [3.8, 4) is 0 Å². The average molecular weight is 248 g/mol. The Balaban J connectivity index is 1.64. The van der Waals surface area contributed by atoms with Gasteiger partial charge in [-0.2, -0.15) is 4.57 Å². The third kappa shape index (κ3) is 2.04. The molecule has 0 atom stereocenters. The van der Waals surface area contributed by atoms with E-state index in [1.54, 1.807) is 4.57 Å². The van der Waals surface area contributed by atoms with Crippen LogP contribution in [0, 0.1) is 5.41 Å². The van der Waals surface area contributed by atoms with Gasteiger partial charge in [0.1, 0.15) is 12.4 Å². The third-order valence-electron chi connectivity index (χ3n) is 4.75. The van der Waals surface area contributed by atoms with Crippen LogP contribution < -0.4 is 4.57 Å². The highest BCUT2D eigenvalue weighted by molar-refractivity contribution is 5.76. The predicted molar refractivity (Wildman–Crippen MR) is 68.1 cm³/mol. The quantitative estimate of drug-likeness (QED) is 0.645. The molecule has 4 heteroatoms. The van der Waals surface area contributed by atoms with Crippen LogP contribution in [-0.2, 0) is 7.05 Å². The van der Waals surface area contributed by atoms with E-state index in [1.807, 2.05) is 35.2 Å². The molecule has 4 nitrogen and oxygen atoms in total. The summed E-state index contributed by atoms with van der Waals surface area (Å²) in [6.45, 7) is 1.86. The lowest BCUT2D eigenvalue weighted by Gasteiger charge is -2.38. The van der Waals surface area contributed by atoms with Gasteiger partial charge in [0.2, 0.25) is 0 Å². The van der Waals surface area contributed by atoms with Gasteiger partial charge in [-0.1, -0.05) is 12.8 Å². The molecular formula is C14H22N3O+. The molecular weight excluding hydrogens is 226 g/mol. The molecule has 0 N–H and O–H groups in total. The molecule has 1 aromatic rings. The van der Waals surface area contributed by atoms with E-state index in [9.17, 15) is 4.79 Å². The normalized spacial score (nSPS) is 22.6. The first-order chi connectivity index (χ1) is 8.69. The van der Waals surface area contributed by atoms with Gasteiger partial charge < -0.3 is 4.90 Å². The lowest BCUT2D eigenvalue weighted by molar-refractivity contribution is -0.670. The van der Waals surface area contributed by atoms with Gasteiger partial charge >= 0.3 is 6.03 Å². The fourth-order valence-electron chi connectivity index (χ4n) is 3.52. The summed E-state index contributed by atoms with van der Waals surface area (Å²) < 4.78 is 3.59. The highest BCUT2D eigenvalue weighted by Crippen LogP contribution is 2.46. The molecule has 1 aliphatic carbocycles. The fourth-order valence-corrected chi connectivity index (χ4v) is 3.52. The minimum absolute atomic E-state index is 0.128. The molecule has 0 unspecified atom stereocenters. The summed E-state index contributed by atoms with van der Waals surface area (Å²) in [5.41, 5.74) is 0.581. The lowest BCUT2D eigenvalue weighted by Crippen LogP contribution is -2.44. The van der Waals surface area contributed by atoms with Crippen molar-refractivity contribution in [2.45, 2.75) is 38.5 Å². The summed E-state index contributed by atoms with van der Waals surface area (Å²) in [4.78, 5) is 14.3. The van der Waals surface area contributed by atoms with Gasteiger partial charge in [0.05, 0.1) is 7.05 Å². The minimum Gasteiger partial charge on any atom is -0.304 e. The van der Waals surface area contributed by atoms with Crippen LogP contribution in [0.4, 0.5) is 4.79 Å². The Morgan fingerprint density at radius 3 is 2.39 bits per heavy atom. The molecule has 0 bridgehead atoms. The van der Waals surface area contributed by atoms with Crippen molar-refractivity contribution in [2.24, 2.45) is 12.5 Å². The van der Waals surface area contributed by atoms with E-state index in [0.717, 1.165) is 13.1 Å². The highest BCUT2D eigenvalue weighted by atomic mass is 16.2. The maximum absolute atomic E-state index is 12.3. The van der Waals surface area contributed by atoms with Crippen molar-refractivity contribution >= 4 is 6.03 Å². The number of aryl methyl sites for hydroxylation is 1. The molecule has 1 spiro atoms. The summed E-state index contributed by atoms with van der Waals surface area (Å²) in [7, 11) is 1.94. The number of hydrogen-bond donors (Lipinski definition) is 0. The van der Waals surface area contributed by atoms with Crippen LogP contribution in [0.5, 0.6) is 0 Å². The van der Waals surface area contributed by atoms with E-state index in [1.165, 1.54) is 38.5 Å². The first-order valence-corrected chi connectivity index (χ1v) is 7.01. The Kier molecular flexibility index (Phi) is 2.88. The molecule has 2 fully saturated rings. The van der Waals surface area contributed by atoms with Crippen LogP contribution in [0.15, 0.2) is 18.7 Å². The Bertz CT molecular complexity index is 436. The van der Waals surface area contributed by atoms with Gasteiger partial charge in [-0.25, -0.2) is 9.36 Å². The van der Waals surface area contributed by atoms with E-state index in [4.69, 9.17) is 0 Å². The Morgan fingerprint density at radius 2 is 1.83 bits per heavy atom. The Morgan fingerprint density at radius 1 is 1.17 bits per heavy atom. The second-order valence-corrected chi connectivity index (χ2v) is 5.96. The molecule has 98 valence electrons. The maximum Gasteiger partial charge on any atom is 0.415 e. The first-order valence-electron chi connectivity index (χ1n) is 7.01. The maximum atomic E-state index is 12.3. The van der Waals surface area contributed by atoms with Crippen LogP contribution in [0.25, 0.3) is 0 Å². The smallest absolute Gasteiger partial charge is 0.304 e. The largest absolute Gasteiger partial charge is 0.415 e. The van der Waals surface area contributed by atoms with Crippen molar-refractivity contribution in [3.05, 3.63) is 18.7 Å². The molecule has 1 aliphatic heterocycles. The molecule has 1 saturated carbocycles. The van der Waals surface area contributed by atoms with Crippen molar-refractivity contribution < 1.29 is 9.36 Å². The van der Waals surface area contributed by atoms with Crippen LogP contribution >= 0.6 is 0 Å². The molecule has 1 aromatic heterocycles. The van der Waals surface area contributed by atoms with Gasteiger partial charge in [-0.3, -0.25) is 0 Å². The van der Waals surface area contributed by atoms with E-state index in [-0.39, 0.29) is 6.03 Å². The first kappa shape index (κ1) is 11.8. The SMILES string of the molecule is C[n+]1ccn(C(=O)N2CCC3(CCCC3)CC2)c1. The summed E-state index contributed by atoms with van der Waals surface area (Å²) in [5.74, 6) is 0. The summed E-state index contributed by atoms with van der Waals surface area (Å²) >= 11 is 0. The summed E-state index contributed by atoms with van der Waals surface area (Å²) in [6.07, 6.45) is 13.5. The fraction of sp³-hybridized carbons (Fsp3) is 0.714. The Labute approximate surface area is 108 Å². The Hall–Kier alpha value is -1.32. The highest BCUT2D eigenvalue weighted by Gasteiger charge is 2.38. The molecule has 1 saturated heterocycles. The number of carbonyl (C=O) groups excluding carboxylic acids is 1. The third-order valence-corrected chi connectivity index (χ3v) is 4.75. The number of likely N-dealkylation sites (tertiary alicyclic amines) is 1. The number of imidazole rings is 1. The van der Waals surface area contributed by atoms with Crippen molar-refractivity contribution in [1.29, 1.82) is 0 Å². The van der Waals surface area contributed by atoms with Crippen LogP contribution in [0.3, 0.4) is 0 Å². The van der Waals surface area contributed by atoms with Crippen molar-refractivity contribution in [3.63, 3.8) is 0 Å². The number of amides is 1. The molecule has 0 radical (unpaired) electrons. The van der Waals surface area contributed by atoms with Gasteiger partial charge in [0.15, 0.2) is 0 Å². The van der Waals surface area contributed by atoms with Crippen LogP contribution in [0.2, 0.25) is 0 Å². The molecule has 1 amide bonds. The topological polar surface area (TPSA) is 29.1 Å². The second kappa shape index (κ2) is 4.41. The zero-order valence-corrected chi connectivity index (χ0v) is 11.1. The van der Waals surface area contributed by atoms with Gasteiger partial charge in [0.25, 0.3) is 6.33 Å². The number of rotatable bonds is 0. The zero-order chi connectivity index (χ0) is 12.6. The number of aromatic nitrogens is 2. The molecule has 18 heavy (non-hydrogen) atoms. The van der Waals surface area contributed by atoms with Gasteiger partial charge in [0, 0.05) is 13.1 Å². The second-order valence-electron chi connectivity index (χ2n) is 5.96. The van der Waals surface area contributed by atoms with E-state index >= 15 is 0 Å².